The third-order valence-electron chi connectivity index (χ3n) is 6.45. The molecule has 162 valence electrons. The number of hydrogen-bond donors (Lipinski definition) is 0. The maximum atomic E-state index is 12.3. The van der Waals surface area contributed by atoms with Crippen LogP contribution in [0.1, 0.15) is 67.7 Å². The molecule has 0 aromatic carbocycles. The third-order valence-corrected chi connectivity index (χ3v) is 7.44. The molecule has 2 aromatic heterocycles. The Bertz CT molecular complexity index is 954. The molecule has 3 rings (SSSR count). The SMILES string of the molecule is Cc1nn(C)c(C)c1C(C)N(C)Cc1cnc(S(C)(=O)=O)n1CC1CCCCC1. The molecule has 2 heterocycles. The molecule has 1 aliphatic carbocycles. The number of sulfone groups is 1. The van der Waals surface area contributed by atoms with Gasteiger partial charge in [0.15, 0.2) is 0 Å². The van der Waals surface area contributed by atoms with Crippen LogP contribution in [0.15, 0.2) is 11.4 Å². The van der Waals surface area contributed by atoms with Crippen molar-refractivity contribution in [2.45, 2.75) is 77.2 Å². The van der Waals surface area contributed by atoms with E-state index in [1.165, 1.54) is 43.9 Å². The smallest absolute Gasteiger partial charge is 0.227 e. The van der Waals surface area contributed by atoms with Crippen molar-refractivity contribution in [3.05, 3.63) is 28.8 Å². The molecule has 1 aliphatic rings. The maximum Gasteiger partial charge on any atom is 0.227 e. The van der Waals surface area contributed by atoms with Crippen molar-refractivity contribution in [1.82, 2.24) is 24.2 Å². The molecule has 0 aliphatic heterocycles. The van der Waals surface area contributed by atoms with Crippen LogP contribution in [0.5, 0.6) is 0 Å². The van der Waals surface area contributed by atoms with Gasteiger partial charge in [0, 0.05) is 43.7 Å². The van der Waals surface area contributed by atoms with Gasteiger partial charge < -0.3 is 4.57 Å². The molecule has 1 fully saturated rings. The highest BCUT2D eigenvalue weighted by Crippen LogP contribution is 2.29. The van der Waals surface area contributed by atoms with Crippen LogP contribution in [0.4, 0.5) is 0 Å². The van der Waals surface area contributed by atoms with E-state index in [-0.39, 0.29) is 11.2 Å². The van der Waals surface area contributed by atoms with Crippen LogP contribution in [0.25, 0.3) is 0 Å². The number of nitrogens with zero attached hydrogens (tertiary/aromatic N) is 5. The van der Waals surface area contributed by atoms with Gasteiger partial charge in [-0.2, -0.15) is 5.10 Å². The van der Waals surface area contributed by atoms with Crippen molar-refractivity contribution in [1.29, 1.82) is 0 Å². The van der Waals surface area contributed by atoms with Crippen molar-refractivity contribution in [3.8, 4) is 0 Å². The highest BCUT2D eigenvalue weighted by molar-refractivity contribution is 7.90. The van der Waals surface area contributed by atoms with Crippen LogP contribution < -0.4 is 0 Å². The predicted octanol–water partition coefficient (Wildman–Crippen LogP) is 3.41. The molecule has 1 saturated carbocycles. The summed E-state index contributed by atoms with van der Waals surface area (Å²) in [5, 5.41) is 4.75. The van der Waals surface area contributed by atoms with Gasteiger partial charge in [0.05, 0.1) is 17.6 Å². The van der Waals surface area contributed by atoms with Crippen LogP contribution in [-0.4, -0.2) is 46.0 Å². The van der Waals surface area contributed by atoms with E-state index >= 15 is 0 Å². The van der Waals surface area contributed by atoms with Gasteiger partial charge >= 0.3 is 0 Å². The lowest BCUT2D eigenvalue weighted by molar-refractivity contribution is 0.238. The second-order valence-electron chi connectivity index (χ2n) is 8.72. The molecule has 1 atom stereocenters. The monoisotopic (exact) mass is 421 g/mol. The molecule has 0 spiro atoms. The van der Waals surface area contributed by atoms with Crippen molar-refractivity contribution in [3.63, 3.8) is 0 Å². The summed E-state index contributed by atoms with van der Waals surface area (Å²) in [6.07, 6.45) is 9.09. The van der Waals surface area contributed by atoms with Crippen LogP contribution in [-0.2, 0) is 30.0 Å². The fraction of sp³-hybridized carbons (Fsp3) is 0.714. The molecule has 2 aromatic rings. The van der Waals surface area contributed by atoms with Gasteiger partial charge in [-0.15, -0.1) is 0 Å². The molecule has 1 unspecified atom stereocenters. The Morgan fingerprint density at radius 3 is 2.45 bits per heavy atom. The number of rotatable bonds is 7. The largest absolute Gasteiger partial charge is 0.317 e. The second kappa shape index (κ2) is 8.60. The van der Waals surface area contributed by atoms with Crippen LogP contribution in [0.3, 0.4) is 0 Å². The highest BCUT2D eigenvalue weighted by Gasteiger charge is 2.25. The van der Waals surface area contributed by atoms with Crippen molar-refractivity contribution >= 4 is 9.84 Å². The van der Waals surface area contributed by atoms with Gasteiger partial charge in [-0.05, 0) is 46.6 Å². The Morgan fingerprint density at radius 2 is 1.90 bits per heavy atom. The molecule has 29 heavy (non-hydrogen) atoms. The molecule has 0 N–H and O–H groups in total. The fourth-order valence-corrected chi connectivity index (χ4v) is 5.48. The zero-order valence-corrected chi connectivity index (χ0v) is 19.5. The Kier molecular flexibility index (Phi) is 6.53. The fourth-order valence-electron chi connectivity index (χ4n) is 4.64. The first-order chi connectivity index (χ1) is 13.6. The normalized spacial score (nSPS) is 17.2. The van der Waals surface area contributed by atoms with Gasteiger partial charge in [0.1, 0.15) is 0 Å². The molecular weight excluding hydrogens is 386 g/mol. The standard InChI is InChI=1S/C21H35N5O2S/c1-15-20(17(3)25(5)23-15)16(2)24(4)14-19-12-22-21(29(6,27)28)26(19)13-18-10-8-7-9-11-18/h12,16,18H,7-11,13-14H2,1-6H3. The number of imidazole rings is 1. The summed E-state index contributed by atoms with van der Waals surface area (Å²) >= 11 is 0. The van der Waals surface area contributed by atoms with E-state index in [1.54, 1.807) is 6.20 Å². The number of hydrogen-bond acceptors (Lipinski definition) is 5. The summed E-state index contributed by atoms with van der Waals surface area (Å²) in [7, 11) is 0.685. The third kappa shape index (κ3) is 4.74. The molecule has 0 amide bonds. The van der Waals surface area contributed by atoms with Crippen LogP contribution in [0.2, 0.25) is 0 Å². The first-order valence-electron chi connectivity index (χ1n) is 10.5. The van der Waals surface area contributed by atoms with E-state index in [0.29, 0.717) is 12.5 Å². The Labute approximate surface area is 175 Å². The summed E-state index contributed by atoms with van der Waals surface area (Å²) in [5.74, 6) is 0.530. The quantitative estimate of drug-likeness (QED) is 0.685. The highest BCUT2D eigenvalue weighted by atomic mass is 32.2. The number of aryl methyl sites for hydroxylation is 2. The van der Waals surface area contributed by atoms with Gasteiger partial charge in [0.2, 0.25) is 15.0 Å². The molecule has 0 saturated heterocycles. The summed E-state index contributed by atoms with van der Waals surface area (Å²) in [4.78, 5) is 6.56. The van der Waals surface area contributed by atoms with E-state index in [2.05, 4.69) is 35.9 Å². The first kappa shape index (κ1) is 22.0. The predicted molar refractivity (Wildman–Crippen MR) is 114 cm³/mol. The van der Waals surface area contributed by atoms with Crippen LogP contribution >= 0.6 is 0 Å². The summed E-state index contributed by atoms with van der Waals surface area (Å²) in [6.45, 7) is 7.70. The van der Waals surface area contributed by atoms with Gasteiger partial charge in [-0.1, -0.05) is 19.3 Å². The average Bonchev–Trinajstić information content (AvgIpc) is 3.15. The number of aromatic nitrogens is 4. The average molecular weight is 422 g/mol. The Hall–Kier alpha value is -1.67. The zero-order valence-electron chi connectivity index (χ0n) is 18.6. The maximum absolute atomic E-state index is 12.3. The lowest BCUT2D eigenvalue weighted by Gasteiger charge is -2.27. The van der Waals surface area contributed by atoms with E-state index in [0.717, 1.165) is 23.6 Å². The van der Waals surface area contributed by atoms with Gasteiger partial charge in [-0.25, -0.2) is 13.4 Å². The lowest BCUT2D eigenvalue weighted by atomic mass is 9.89. The van der Waals surface area contributed by atoms with Crippen molar-refractivity contribution in [2.24, 2.45) is 13.0 Å². The van der Waals surface area contributed by atoms with E-state index in [1.807, 2.05) is 23.2 Å². The second-order valence-corrected chi connectivity index (χ2v) is 10.6. The molecular formula is C21H35N5O2S. The summed E-state index contributed by atoms with van der Waals surface area (Å²) in [6, 6.07) is 0.170. The van der Waals surface area contributed by atoms with Gasteiger partial charge in [0.25, 0.3) is 0 Å². The first-order valence-corrected chi connectivity index (χ1v) is 12.4. The Morgan fingerprint density at radius 1 is 1.24 bits per heavy atom. The minimum atomic E-state index is -3.36. The minimum Gasteiger partial charge on any atom is -0.317 e. The molecule has 0 bridgehead atoms. The molecule has 8 heteroatoms. The van der Waals surface area contributed by atoms with E-state index in [4.69, 9.17) is 0 Å². The molecule has 0 radical (unpaired) electrons. The lowest BCUT2D eigenvalue weighted by Crippen LogP contribution is -2.26. The van der Waals surface area contributed by atoms with Crippen LogP contribution in [0, 0.1) is 19.8 Å². The summed E-state index contributed by atoms with van der Waals surface area (Å²) in [5.41, 5.74) is 4.40. The summed E-state index contributed by atoms with van der Waals surface area (Å²) < 4.78 is 28.5. The minimum absolute atomic E-state index is 0.170. The molecule has 7 nitrogen and oxygen atoms in total. The topological polar surface area (TPSA) is 73.0 Å². The van der Waals surface area contributed by atoms with E-state index < -0.39 is 9.84 Å². The van der Waals surface area contributed by atoms with Crippen molar-refractivity contribution in [2.75, 3.05) is 13.3 Å². The zero-order chi connectivity index (χ0) is 21.3. The Balaban J connectivity index is 1.86. The van der Waals surface area contributed by atoms with Crippen molar-refractivity contribution < 1.29 is 8.42 Å². The van der Waals surface area contributed by atoms with E-state index in [9.17, 15) is 8.42 Å². The van der Waals surface area contributed by atoms with Gasteiger partial charge in [-0.3, -0.25) is 9.58 Å².